The molecule has 17 heavy (non-hydrogen) atoms. The summed E-state index contributed by atoms with van der Waals surface area (Å²) < 4.78 is 0. The van der Waals surface area contributed by atoms with Crippen LogP contribution in [0.4, 0.5) is 5.69 Å². The molecule has 0 saturated heterocycles. The van der Waals surface area contributed by atoms with Gasteiger partial charge < -0.3 is 15.5 Å². The zero-order chi connectivity index (χ0) is 12.7. The van der Waals surface area contributed by atoms with Crippen LogP contribution in [0.2, 0.25) is 0 Å². The molecule has 0 saturated carbocycles. The van der Waals surface area contributed by atoms with Crippen LogP contribution in [-0.4, -0.2) is 29.3 Å². The Kier molecular flexibility index (Phi) is 5.49. The standard InChI is InChI=1S/C13H19NO3/c1-10(9-15)5-4-8-14-12-7-3-2-6-11(12)13(16)17/h2-3,6-7,10,14-15H,4-5,8-9H2,1H3,(H,16,17). The molecule has 0 aromatic heterocycles. The van der Waals surface area contributed by atoms with Crippen molar-refractivity contribution in [2.75, 3.05) is 18.5 Å². The lowest BCUT2D eigenvalue weighted by Gasteiger charge is -2.11. The van der Waals surface area contributed by atoms with E-state index in [0.717, 1.165) is 12.8 Å². The van der Waals surface area contributed by atoms with E-state index in [4.69, 9.17) is 10.2 Å². The molecular formula is C13H19NO3. The number of anilines is 1. The maximum Gasteiger partial charge on any atom is 0.337 e. The van der Waals surface area contributed by atoms with E-state index in [9.17, 15) is 4.79 Å². The highest BCUT2D eigenvalue weighted by molar-refractivity contribution is 5.94. The lowest BCUT2D eigenvalue weighted by molar-refractivity contribution is 0.0698. The molecule has 1 aromatic carbocycles. The first-order valence-corrected chi connectivity index (χ1v) is 5.82. The largest absolute Gasteiger partial charge is 0.478 e. The fraction of sp³-hybridized carbons (Fsp3) is 0.462. The van der Waals surface area contributed by atoms with E-state index in [1.165, 1.54) is 0 Å². The maximum atomic E-state index is 10.9. The normalized spacial score (nSPS) is 12.1. The first-order valence-electron chi connectivity index (χ1n) is 5.82. The molecule has 0 heterocycles. The van der Waals surface area contributed by atoms with Gasteiger partial charge in [-0.25, -0.2) is 4.79 Å². The fourth-order valence-electron chi connectivity index (χ4n) is 1.59. The lowest BCUT2D eigenvalue weighted by Crippen LogP contribution is -2.09. The van der Waals surface area contributed by atoms with Gasteiger partial charge in [-0.15, -0.1) is 0 Å². The zero-order valence-corrected chi connectivity index (χ0v) is 10.0. The molecule has 4 nitrogen and oxygen atoms in total. The molecule has 4 heteroatoms. The summed E-state index contributed by atoms with van der Waals surface area (Å²) in [6, 6.07) is 6.87. The topological polar surface area (TPSA) is 69.6 Å². The van der Waals surface area contributed by atoms with Crippen molar-refractivity contribution in [2.45, 2.75) is 19.8 Å². The van der Waals surface area contributed by atoms with Crippen LogP contribution >= 0.6 is 0 Å². The van der Waals surface area contributed by atoms with Gasteiger partial charge in [-0.2, -0.15) is 0 Å². The van der Waals surface area contributed by atoms with Crippen molar-refractivity contribution < 1.29 is 15.0 Å². The van der Waals surface area contributed by atoms with E-state index in [0.29, 0.717) is 23.7 Å². The number of aliphatic hydroxyl groups is 1. The molecule has 0 amide bonds. The summed E-state index contributed by atoms with van der Waals surface area (Å²) >= 11 is 0. The van der Waals surface area contributed by atoms with Crippen LogP contribution in [0.1, 0.15) is 30.1 Å². The molecular weight excluding hydrogens is 218 g/mol. The van der Waals surface area contributed by atoms with Gasteiger partial charge in [0.05, 0.1) is 5.56 Å². The van der Waals surface area contributed by atoms with Gasteiger partial charge >= 0.3 is 5.97 Å². The predicted molar refractivity (Wildman–Crippen MR) is 67.4 cm³/mol. The second kappa shape index (κ2) is 6.91. The minimum absolute atomic E-state index is 0.200. The van der Waals surface area contributed by atoms with Crippen LogP contribution in [0.5, 0.6) is 0 Å². The van der Waals surface area contributed by atoms with Crippen LogP contribution in [0.3, 0.4) is 0 Å². The Labute approximate surface area is 101 Å². The highest BCUT2D eigenvalue weighted by Gasteiger charge is 2.08. The molecule has 3 N–H and O–H groups in total. The van der Waals surface area contributed by atoms with Gasteiger partial charge in [-0.05, 0) is 30.9 Å². The number of hydrogen-bond donors (Lipinski definition) is 3. The zero-order valence-electron chi connectivity index (χ0n) is 10.0. The third-order valence-corrected chi connectivity index (χ3v) is 2.66. The Balaban J connectivity index is 2.44. The van der Waals surface area contributed by atoms with Gasteiger partial charge in [0.25, 0.3) is 0 Å². The molecule has 0 aliphatic rings. The number of carboxylic acid groups (broad SMARTS) is 1. The van der Waals surface area contributed by atoms with Crippen LogP contribution in [-0.2, 0) is 0 Å². The molecule has 1 rings (SSSR count). The van der Waals surface area contributed by atoms with Crippen LogP contribution < -0.4 is 5.32 Å². The van der Waals surface area contributed by atoms with Gasteiger partial charge in [-0.1, -0.05) is 19.1 Å². The molecule has 0 aliphatic heterocycles. The average molecular weight is 237 g/mol. The minimum Gasteiger partial charge on any atom is -0.478 e. The van der Waals surface area contributed by atoms with E-state index >= 15 is 0 Å². The van der Waals surface area contributed by atoms with Gasteiger partial charge in [0.2, 0.25) is 0 Å². The summed E-state index contributed by atoms with van der Waals surface area (Å²) in [5, 5.41) is 21.0. The molecule has 0 bridgehead atoms. The van der Waals surface area contributed by atoms with Crippen molar-refractivity contribution in [1.82, 2.24) is 0 Å². The summed E-state index contributed by atoms with van der Waals surface area (Å²) in [5.41, 5.74) is 0.944. The van der Waals surface area contributed by atoms with E-state index in [-0.39, 0.29) is 6.61 Å². The van der Waals surface area contributed by atoms with Crippen molar-refractivity contribution >= 4 is 11.7 Å². The third kappa shape index (κ3) is 4.44. The number of rotatable bonds is 7. The second-order valence-corrected chi connectivity index (χ2v) is 4.21. The average Bonchev–Trinajstić information content (AvgIpc) is 2.34. The fourth-order valence-corrected chi connectivity index (χ4v) is 1.59. The number of nitrogens with one attached hydrogen (secondary N) is 1. The maximum absolute atomic E-state index is 10.9. The number of aromatic carboxylic acids is 1. The summed E-state index contributed by atoms with van der Waals surface area (Å²) in [5.74, 6) is -0.622. The molecule has 0 radical (unpaired) electrons. The molecule has 1 aromatic rings. The number of carboxylic acids is 1. The second-order valence-electron chi connectivity index (χ2n) is 4.21. The predicted octanol–water partition coefficient (Wildman–Crippen LogP) is 2.21. The highest BCUT2D eigenvalue weighted by atomic mass is 16.4. The first-order chi connectivity index (χ1) is 8.15. The van der Waals surface area contributed by atoms with Crippen molar-refractivity contribution in [3.05, 3.63) is 29.8 Å². The quantitative estimate of drug-likeness (QED) is 0.636. The molecule has 0 spiro atoms. The third-order valence-electron chi connectivity index (χ3n) is 2.66. The Morgan fingerprint density at radius 3 is 2.76 bits per heavy atom. The van der Waals surface area contributed by atoms with Crippen molar-refractivity contribution in [3.63, 3.8) is 0 Å². The lowest BCUT2D eigenvalue weighted by atomic mass is 10.1. The van der Waals surface area contributed by atoms with Gasteiger partial charge in [0.1, 0.15) is 0 Å². The van der Waals surface area contributed by atoms with E-state index < -0.39 is 5.97 Å². The summed E-state index contributed by atoms with van der Waals surface area (Å²) in [4.78, 5) is 10.9. The Morgan fingerprint density at radius 1 is 1.41 bits per heavy atom. The van der Waals surface area contributed by atoms with Crippen LogP contribution in [0, 0.1) is 5.92 Å². The van der Waals surface area contributed by atoms with Gasteiger partial charge in [0.15, 0.2) is 0 Å². The Bertz CT molecular complexity index is 365. The number of aliphatic hydroxyl groups excluding tert-OH is 1. The summed E-state index contributed by atoms with van der Waals surface area (Å²) in [6.07, 6.45) is 1.84. The molecule has 0 aliphatic carbocycles. The van der Waals surface area contributed by atoms with Gasteiger partial charge in [-0.3, -0.25) is 0 Å². The molecule has 1 atom stereocenters. The number of benzene rings is 1. The minimum atomic E-state index is -0.920. The van der Waals surface area contributed by atoms with Crippen LogP contribution in [0.15, 0.2) is 24.3 Å². The number of carbonyl (C=O) groups is 1. The Hall–Kier alpha value is -1.55. The summed E-state index contributed by atoms with van der Waals surface area (Å²) in [7, 11) is 0. The van der Waals surface area contributed by atoms with E-state index in [2.05, 4.69) is 5.32 Å². The SMILES string of the molecule is CC(CO)CCCNc1ccccc1C(=O)O. The monoisotopic (exact) mass is 237 g/mol. The van der Waals surface area contributed by atoms with Crippen molar-refractivity contribution in [3.8, 4) is 0 Å². The molecule has 1 unspecified atom stereocenters. The highest BCUT2D eigenvalue weighted by Crippen LogP contribution is 2.15. The first kappa shape index (κ1) is 13.5. The molecule has 0 fully saturated rings. The molecule has 94 valence electrons. The van der Waals surface area contributed by atoms with Crippen molar-refractivity contribution in [1.29, 1.82) is 0 Å². The van der Waals surface area contributed by atoms with E-state index in [1.54, 1.807) is 18.2 Å². The van der Waals surface area contributed by atoms with Gasteiger partial charge in [0, 0.05) is 18.8 Å². The van der Waals surface area contributed by atoms with E-state index in [1.807, 2.05) is 13.0 Å². The number of hydrogen-bond acceptors (Lipinski definition) is 3. The van der Waals surface area contributed by atoms with Crippen molar-refractivity contribution in [2.24, 2.45) is 5.92 Å². The summed E-state index contributed by atoms with van der Waals surface area (Å²) in [6.45, 7) is 2.91. The Morgan fingerprint density at radius 2 is 2.12 bits per heavy atom. The smallest absolute Gasteiger partial charge is 0.337 e. The van der Waals surface area contributed by atoms with Crippen LogP contribution in [0.25, 0.3) is 0 Å². The number of para-hydroxylation sites is 1.